The second-order valence-electron chi connectivity index (χ2n) is 5.61. The largest absolute Gasteiger partial charge is 0.147 e. The molecule has 1 atom stereocenters. The van der Waals surface area contributed by atoms with Gasteiger partial charge in [0.05, 0.1) is 0 Å². The number of hydrogen-bond donors (Lipinski definition) is 0. The fourth-order valence-corrected chi connectivity index (χ4v) is 8.25. The van der Waals surface area contributed by atoms with Crippen molar-refractivity contribution in [3.63, 3.8) is 0 Å². The van der Waals surface area contributed by atoms with E-state index in [1.54, 1.807) is 11.8 Å². The predicted octanol–water partition coefficient (Wildman–Crippen LogP) is 6.16. The van der Waals surface area contributed by atoms with Gasteiger partial charge < -0.3 is 0 Å². The molecule has 2 aromatic carbocycles. The summed E-state index contributed by atoms with van der Waals surface area (Å²) in [6, 6.07) is 16.5. The molecule has 0 aliphatic carbocycles. The van der Waals surface area contributed by atoms with Crippen molar-refractivity contribution in [1.82, 2.24) is 0 Å². The minimum Gasteiger partial charge on any atom is -0.147 e. The zero-order chi connectivity index (χ0) is 16.4. The number of carbonyl (C=O) groups is 1. The van der Waals surface area contributed by atoms with Crippen molar-refractivity contribution in [3.8, 4) is 0 Å². The van der Waals surface area contributed by atoms with Gasteiger partial charge in [-0.15, -0.1) is 12.4 Å². The minimum absolute atomic E-state index is 0. The van der Waals surface area contributed by atoms with Gasteiger partial charge >= 0.3 is 148 Å². The Labute approximate surface area is 159 Å². The van der Waals surface area contributed by atoms with E-state index in [0.717, 1.165) is 11.4 Å². The Balaban J connectivity index is 0.00000208. The van der Waals surface area contributed by atoms with E-state index in [0.29, 0.717) is 0 Å². The number of rotatable bonds is 4. The van der Waals surface area contributed by atoms with Gasteiger partial charge in [0.2, 0.25) is 0 Å². The number of fused-ring (bicyclic) bond motifs is 2. The van der Waals surface area contributed by atoms with Gasteiger partial charge in [0, 0.05) is 0 Å². The summed E-state index contributed by atoms with van der Waals surface area (Å²) in [7, 11) is 0. The fourth-order valence-electron chi connectivity index (χ4n) is 3.06. The van der Waals surface area contributed by atoms with Crippen molar-refractivity contribution in [3.05, 3.63) is 48.5 Å². The normalized spacial score (nSPS) is 13.8. The monoisotopic (exact) mass is 423 g/mol. The van der Waals surface area contributed by atoms with Crippen LogP contribution < -0.4 is 4.90 Å². The smallest absolute Gasteiger partial charge is 0.147 e. The van der Waals surface area contributed by atoms with Crippen LogP contribution in [0.5, 0.6) is 0 Å². The summed E-state index contributed by atoms with van der Waals surface area (Å²) in [5.74, 6) is 0.272. The summed E-state index contributed by atoms with van der Waals surface area (Å²) >= 11 is 0.638. The van der Waals surface area contributed by atoms with Gasteiger partial charge in [-0.3, -0.25) is 0 Å². The average molecular weight is 424 g/mol. The molecule has 24 heavy (non-hydrogen) atoms. The Morgan fingerprint density at radius 2 is 1.46 bits per heavy atom. The van der Waals surface area contributed by atoms with Crippen LogP contribution in [0.2, 0.25) is 15.1 Å². The summed E-state index contributed by atoms with van der Waals surface area (Å²) in [5, 5.41) is 2.37. The van der Waals surface area contributed by atoms with Crippen molar-refractivity contribution in [2.24, 2.45) is 0 Å². The van der Waals surface area contributed by atoms with Gasteiger partial charge in [-0.2, -0.15) is 0 Å². The molecule has 1 unspecified atom stereocenters. The second kappa shape index (κ2) is 8.47. The van der Waals surface area contributed by atoms with E-state index >= 15 is 0 Å². The first-order valence-electron chi connectivity index (χ1n) is 8.11. The third-order valence-corrected chi connectivity index (χ3v) is 11.7. The molecule has 128 valence electrons. The second-order valence-corrected chi connectivity index (χ2v) is 13.4. The first kappa shape index (κ1) is 19.4. The number of halogens is 1. The van der Waals surface area contributed by atoms with Crippen LogP contribution in [0.4, 0.5) is 11.4 Å². The molecule has 1 heterocycles. The Kier molecular flexibility index (Phi) is 6.86. The number of carbonyl (C=O) groups excluding carboxylic acids is 1. The van der Waals surface area contributed by atoms with Gasteiger partial charge in [0.25, 0.3) is 0 Å². The van der Waals surface area contributed by atoms with Crippen LogP contribution >= 0.6 is 24.2 Å². The van der Waals surface area contributed by atoms with Crippen LogP contribution in [0.25, 0.3) is 0 Å². The van der Waals surface area contributed by atoms with Gasteiger partial charge in [-0.1, -0.05) is 0 Å². The van der Waals surface area contributed by atoms with Crippen LogP contribution in [0.1, 0.15) is 20.8 Å². The maximum Gasteiger partial charge on any atom is -0.147 e. The maximum absolute atomic E-state index is 13.3. The summed E-state index contributed by atoms with van der Waals surface area (Å²) < 4.78 is 0.168. The summed E-state index contributed by atoms with van der Waals surface area (Å²) in [4.78, 5) is 17.6. The molecule has 0 aromatic heterocycles. The number of nitrogens with zero attached hydrogens (tertiary/aromatic N) is 1. The maximum atomic E-state index is 13.3. The number of anilines is 2. The molecule has 2 aromatic rings. The number of amides is 1. The summed E-state index contributed by atoms with van der Waals surface area (Å²) in [5.41, 5.74) is 2.07. The Bertz CT molecular complexity index is 675. The van der Waals surface area contributed by atoms with E-state index in [1.165, 1.54) is 20.2 Å². The molecule has 1 aliphatic rings. The van der Waals surface area contributed by atoms with E-state index in [2.05, 4.69) is 45.0 Å². The molecule has 5 heteroatoms. The molecule has 1 amide bonds. The Morgan fingerprint density at radius 3 is 1.92 bits per heavy atom. The third-order valence-electron chi connectivity index (χ3n) is 4.37. The zero-order valence-corrected chi connectivity index (χ0v) is 17.7. The number of hydrogen-bond acceptors (Lipinski definition) is 2. The standard InChI is InChI=1S/C19H22AsNOS.ClH/c1-4-20(5-2)14(3)19(22)21-15-10-6-8-12-17(15)23-18-13-9-7-11-16(18)21;/h6-14H,4-5H2,1-3H3;1H. The zero-order valence-electron chi connectivity index (χ0n) is 14.2. The molecular formula is C19H23AsClNOS. The van der Waals surface area contributed by atoms with Crippen molar-refractivity contribution in [2.45, 2.75) is 45.7 Å². The summed E-state index contributed by atoms with van der Waals surface area (Å²) in [6.45, 7) is 6.62. The van der Waals surface area contributed by atoms with Crippen LogP contribution in [0.3, 0.4) is 0 Å². The molecule has 0 saturated heterocycles. The first-order valence-corrected chi connectivity index (χ1v) is 12.7. The molecule has 1 aliphatic heterocycles. The van der Waals surface area contributed by atoms with E-state index < -0.39 is 14.7 Å². The van der Waals surface area contributed by atoms with Crippen LogP contribution in [-0.2, 0) is 4.79 Å². The minimum atomic E-state index is -1.12. The molecule has 3 rings (SSSR count). The predicted molar refractivity (Wildman–Crippen MR) is 108 cm³/mol. The molecule has 0 bridgehead atoms. The topological polar surface area (TPSA) is 20.3 Å². The quantitative estimate of drug-likeness (QED) is 0.549. The molecule has 0 spiro atoms. The van der Waals surface area contributed by atoms with Gasteiger partial charge in [-0.25, -0.2) is 0 Å². The van der Waals surface area contributed by atoms with E-state index in [-0.39, 0.29) is 23.0 Å². The molecule has 2 nitrogen and oxygen atoms in total. The van der Waals surface area contributed by atoms with Crippen molar-refractivity contribution < 1.29 is 4.79 Å². The summed E-state index contributed by atoms with van der Waals surface area (Å²) in [6.07, 6.45) is 0. The average Bonchev–Trinajstić information content (AvgIpc) is 2.60. The van der Waals surface area contributed by atoms with E-state index in [4.69, 9.17) is 0 Å². The van der Waals surface area contributed by atoms with Gasteiger partial charge in [-0.05, 0) is 0 Å². The molecule has 0 radical (unpaired) electrons. The van der Waals surface area contributed by atoms with Crippen LogP contribution in [-0.4, -0.2) is 20.6 Å². The van der Waals surface area contributed by atoms with Gasteiger partial charge in [0.1, 0.15) is 0 Å². The van der Waals surface area contributed by atoms with E-state index in [1.807, 2.05) is 29.2 Å². The van der Waals surface area contributed by atoms with Crippen molar-refractivity contribution in [2.75, 3.05) is 4.90 Å². The Hall–Kier alpha value is -0.892. The SMILES string of the molecule is CC[As](CC)C(C)C(=O)N1c2ccccc2Sc2ccccc21.Cl. The molecular weight excluding hydrogens is 401 g/mol. The van der Waals surface area contributed by atoms with Crippen LogP contribution in [0.15, 0.2) is 58.3 Å². The van der Waals surface area contributed by atoms with Crippen molar-refractivity contribution >= 4 is 56.1 Å². The molecule has 0 saturated carbocycles. The number of para-hydroxylation sites is 2. The first-order chi connectivity index (χ1) is 11.2. The Morgan fingerprint density at radius 1 is 1.00 bits per heavy atom. The fraction of sp³-hybridized carbons (Fsp3) is 0.316. The molecule has 0 N–H and O–H groups in total. The number of benzene rings is 2. The van der Waals surface area contributed by atoms with Crippen LogP contribution in [0, 0.1) is 0 Å². The van der Waals surface area contributed by atoms with Gasteiger partial charge in [0.15, 0.2) is 0 Å². The molecule has 0 fully saturated rings. The van der Waals surface area contributed by atoms with E-state index in [9.17, 15) is 4.79 Å². The van der Waals surface area contributed by atoms with Crippen molar-refractivity contribution in [1.29, 1.82) is 0 Å². The third kappa shape index (κ3) is 3.54.